The zero-order chi connectivity index (χ0) is 20.5. The SMILES string of the molecule is C=C1C=CC(c2ccc(N(C)C3CC(C)(C)NC(C)(C)C3)nn2)=CN1/C=C\C. The average Bonchev–Trinajstić information content (AvgIpc) is 2.61. The quantitative estimate of drug-likeness (QED) is 0.835. The number of allylic oxidation sites excluding steroid dienone is 4. The second-order valence-corrected chi connectivity index (χ2v) is 9.14. The normalized spacial score (nSPS) is 21.9. The van der Waals surface area contributed by atoms with Crippen molar-refractivity contribution in [3.05, 3.63) is 60.7 Å². The molecule has 3 rings (SSSR count). The Bertz CT molecular complexity index is 798. The lowest BCUT2D eigenvalue weighted by Crippen LogP contribution is -2.62. The Labute approximate surface area is 169 Å². The maximum Gasteiger partial charge on any atom is 0.151 e. The lowest BCUT2D eigenvalue weighted by Gasteiger charge is -2.49. The number of rotatable bonds is 4. The van der Waals surface area contributed by atoms with Crippen LogP contribution in [0.5, 0.6) is 0 Å². The molecule has 1 N–H and O–H groups in total. The van der Waals surface area contributed by atoms with Gasteiger partial charge in [0.2, 0.25) is 0 Å². The second kappa shape index (κ2) is 7.55. The molecule has 0 unspecified atom stereocenters. The van der Waals surface area contributed by atoms with Crippen LogP contribution in [0.4, 0.5) is 5.82 Å². The molecule has 150 valence electrons. The highest BCUT2D eigenvalue weighted by Gasteiger charge is 2.39. The molecule has 0 bridgehead atoms. The van der Waals surface area contributed by atoms with E-state index in [1.807, 2.05) is 48.5 Å². The zero-order valence-electron chi connectivity index (χ0n) is 18.0. The maximum absolute atomic E-state index is 4.54. The van der Waals surface area contributed by atoms with E-state index in [0.29, 0.717) is 6.04 Å². The van der Waals surface area contributed by atoms with Gasteiger partial charge in [-0.1, -0.05) is 12.7 Å². The highest BCUT2D eigenvalue weighted by molar-refractivity contribution is 5.74. The van der Waals surface area contributed by atoms with Crippen molar-refractivity contribution in [2.45, 2.75) is 64.6 Å². The van der Waals surface area contributed by atoms with Gasteiger partial charge in [0.05, 0.1) is 5.69 Å². The van der Waals surface area contributed by atoms with Crippen LogP contribution in [0.2, 0.25) is 0 Å². The van der Waals surface area contributed by atoms with Gasteiger partial charge in [-0.25, -0.2) is 0 Å². The van der Waals surface area contributed by atoms with Crippen LogP contribution in [0.25, 0.3) is 5.57 Å². The van der Waals surface area contributed by atoms with E-state index in [9.17, 15) is 0 Å². The number of anilines is 1. The number of piperidine rings is 1. The Kier molecular flexibility index (Phi) is 5.48. The van der Waals surface area contributed by atoms with Gasteiger partial charge in [-0.15, -0.1) is 10.2 Å². The van der Waals surface area contributed by atoms with Gasteiger partial charge in [-0.3, -0.25) is 0 Å². The summed E-state index contributed by atoms with van der Waals surface area (Å²) in [6, 6.07) is 4.55. The molecule has 2 aliphatic rings. The Hall–Kier alpha value is -2.40. The van der Waals surface area contributed by atoms with Crippen molar-refractivity contribution in [3.63, 3.8) is 0 Å². The predicted octanol–water partition coefficient (Wildman–Crippen LogP) is 4.48. The number of hydrogen-bond donors (Lipinski definition) is 1. The summed E-state index contributed by atoms with van der Waals surface area (Å²) < 4.78 is 0. The summed E-state index contributed by atoms with van der Waals surface area (Å²) in [5.41, 5.74) is 3.02. The molecule has 5 nitrogen and oxygen atoms in total. The summed E-state index contributed by atoms with van der Waals surface area (Å²) in [6.45, 7) is 15.1. The molecule has 1 saturated heterocycles. The molecule has 28 heavy (non-hydrogen) atoms. The van der Waals surface area contributed by atoms with Gasteiger partial charge in [0.1, 0.15) is 0 Å². The molecule has 0 aliphatic carbocycles. The van der Waals surface area contributed by atoms with E-state index < -0.39 is 0 Å². The molecule has 0 spiro atoms. The molecular weight excluding hydrogens is 346 g/mol. The summed E-state index contributed by atoms with van der Waals surface area (Å²) in [6.07, 6.45) is 12.2. The molecule has 0 aromatic carbocycles. The maximum atomic E-state index is 4.54. The standard InChI is InChI=1S/C23H33N5/c1-8-13-28-16-18(10-9-17(28)2)20-11-12-21(25-24-20)27(7)19-14-22(3,4)26-23(5,6)15-19/h8-13,16,19,26H,2,14-15H2,1,3-7H3/b13-8-. The first-order valence-electron chi connectivity index (χ1n) is 9.96. The van der Waals surface area contributed by atoms with Gasteiger partial charge in [-0.05, 0) is 71.7 Å². The van der Waals surface area contributed by atoms with Crippen LogP contribution in [0.3, 0.4) is 0 Å². The molecule has 0 saturated carbocycles. The summed E-state index contributed by atoms with van der Waals surface area (Å²) in [5, 5.41) is 12.8. The first kappa shape index (κ1) is 20.3. The Morgan fingerprint density at radius 2 is 1.82 bits per heavy atom. The van der Waals surface area contributed by atoms with Crippen molar-refractivity contribution >= 4 is 11.4 Å². The minimum absolute atomic E-state index is 0.102. The number of nitrogens with zero attached hydrogens (tertiary/aromatic N) is 4. The Morgan fingerprint density at radius 3 is 2.39 bits per heavy atom. The summed E-state index contributed by atoms with van der Waals surface area (Å²) in [4.78, 5) is 4.27. The van der Waals surface area contributed by atoms with Gasteiger partial charge in [0, 0.05) is 47.8 Å². The summed E-state index contributed by atoms with van der Waals surface area (Å²) in [7, 11) is 2.13. The van der Waals surface area contributed by atoms with Crippen LogP contribution in [-0.4, -0.2) is 39.3 Å². The fourth-order valence-electron chi connectivity index (χ4n) is 4.40. The van der Waals surface area contributed by atoms with Gasteiger partial charge in [-0.2, -0.15) is 0 Å². The van der Waals surface area contributed by atoms with Crippen LogP contribution < -0.4 is 10.2 Å². The van der Waals surface area contributed by atoms with Gasteiger partial charge >= 0.3 is 0 Å². The molecule has 0 radical (unpaired) electrons. The third-order valence-electron chi connectivity index (χ3n) is 5.40. The predicted molar refractivity (Wildman–Crippen MR) is 118 cm³/mol. The van der Waals surface area contributed by atoms with E-state index in [4.69, 9.17) is 0 Å². The summed E-state index contributed by atoms with van der Waals surface area (Å²) in [5.74, 6) is 0.914. The van der Waals surface area contributed by atoms with E-state index in [2.05, 4.69) is 67.8 Å². The molecule has 0 atom stereocenters. The van der Waals surface area contributed by atoms with E-state index in [-0.39, 0.29) is 11.1 Å². The smallest absolute Gasteiger partial charge is 0.151 e. The Morgan fingerprint density at radius 1 is 1.14 bits per heavy atom. The molecule has 3 heterocycles. The van der Waals surface area contributed by atoms with Crippen molar-refractivity contribution < 1.29 is 0 Å². The average molecular weight is 380 g/mol. The number of nitrogens with one attached hydrogen (secondary N) is 1. The minimum atomic E-state index is 0.102. The van der Waals surface area contributed by atoms with Crippen LogP contribution in [-0.2, 0) is 0 Å². The molecule has 1 fully saturated rings. The molecule has 2 aliphatic heterocycles. The first-order chi connectivity index (χ1) is 13.1. The lowest BCUT2D eigenvalue weighted by atomic mass is 9.79. The number of hydrogen-bond acceptors (Lipinski definition) is 5. The number of aromatic nitrogens is 2. The van der Waals surface area contributed by atoms with Crippen molar-refractivity contribution in [3.8, 4) is 0 Å². The van der Waals surface area contributed by atoms with Crippen LogP contribution in [0.15, 0.2) is 55.0 Å². The third kappa shape index (κ3) is 4.53. The Balaban J connectivity index is 1.78. The van der Waals surface area contributed by atoms with E-state index >= 15 is 0 Å². The molecular formula is C23H33N5. The molecule has 0 amide bonds. The van der Waals surface area contributed by atoms with Crippen molar-refractivity contribution in [2.75, 3.05) is 11.9 Å². The molecule has 5 heteroatoms. The lowest BCUT2D eigenvalue weighted by molar-refractivity contribution is 0.160. The van der Waals surface area contributed by atoms with Crippen molar-refractivity contribution in [2.24, 2.45) is 0 Å². The first-order valence-corrected chi connectivity index (χ1v) is 9.96. The zero-order valence-corrected chi connectivity index (χ0v) is 18.0. The topological polar surface area (TPSA) is 44.3 Å². The van der Waals surface area contributed by atoms with Crippen LogP contribution in [0, 0.1) is 0 Å². The monoisotopic (exact) mass is 379 g/mol. The molecule has 1 aromatic rings. The minimum Gasteiger partial charge on any atom is -0.355 e. The highest BCUT2D eigenvalue weighted by atomic mass is 15.3. The fraction of sp³-hybridized carbons (Fsp3) is 0.478. The van der Waals surface area contributed by atoms with Crippen molar-refractivity contribution in [1.29, 1.82) is 0 Å². The summed E-state index contributed by atoms with van der Waals surface area (Å²) >= 11 is 0. The van der Waals surface area contributed by atoms with Gasteiger partial charge in [0.25, 0.3) is 0 Å². The third-order valence-corrected chi connectivity index (χ3v) is 5.40. The van der Waals surface area contributed by atoms with Crippen LogP contribution >= 0.6 is 0 Å². The van der Waals surface area contributed by atoms with E-state index in [1.165, 1.54) is 0 Å². The largest absolute Gasteiger partial charge is 0.355 e. The van der Waals surface area contributed by atoms with Crippen LogP contribution in [0.1, 0.15) is 53.2 Å². The fourth-order valence-corrected chi connectivity index (χ4v) is 4.40. The van der Waals surface area contributed by atoms with E-state index in [0.717, 1.165) is 35.6 Å². The van der Waals surface area contributed by atoms with Crippen molar-refractivity contribution in [1.82, 2.24) is 20.4 Å². The highest BCUT2D eigenvalue weighted by Crippen LogP contribution is 2.32. The van der Waals surface area contributed by atoms with Gasteiger partial charge < -0.3 is 15.1 Å². The molecule has 1 aromatic heterocycles. The second-order valence-electron chi connectivity index (χ2n) is 9.14. The van der Waals surface area contributed by atoms with E-state index in [1.54, 1.807) is 0 Å². The van der Waals surface area contributed by atoms with Gasteiger partial charge in [0.15, 0.2) is 5.82 Å².